The van der Waals surface area contributed by atoms with Crippen molar-refractivity contribution >= 4 is 5.82 Å². The van der Waals surface area contributed by atoms with E-state index in [9.17, 15) is 0 Å². The Balaban J connectivity index is 1.73. The predicted octanol–water partition coefficient (Wildman–Crippen LogP) is 2.38. The minimum atomic E-state index is 0.740. The van der Waals surface area contributed by atoms with Crippen LogP contribution in [0, 0.1) is 0 Å². The largest absolute Gasteiger partial charge is 0.492 e. The Morgan fingerprint density at radius 2 is 2.33 bits per heavy atom. The van der Waals surface area contributed by atoms with Gasteiger partial charge in [-0.15, -0.1) is 0 Å². The number of likely N-dealkylation sites (N-methyl/N-ethyl adjacent to an activating group) is 1. The molecule has 1 fully saturated rings. The lowest BCUT2D eigenvalue weighted by Crippen LogP contribution is -2.26. The van der Waals surface area contributed by atoms with Crippen LogP contribution in [0.5, 0.6) is 5.75 Å². The quantitative estimate of drug-likeness (QED) is 0.767. The molecule has 0 radical (unpaired) electrons. The van der Waals surface area contributed by atoms with E-state index < -0.39 is 0 Å². The van der Waals surface area contributed by atoms with Gasteiger partial charge in [0.2, 0.25) is 0 Å². The molecule has 0 spiro atoms. The van der Waals surface area contributed by atoms with E-state index >= 15 is 0 Å². The molecule has 18 heavy (non-hydrogen) atoms. The molecule has 0 amide bonds. The molecule has 4 heteroatoms. The van der Waals surface area contributed by atoms with E-state index in [-0.39, 0.29) is 0 Å². The maximum Gasteiger partial charge on any atom is 0.129 e. The number of aromatic nitrogens is 1. The molecule has 0 saturated heterocycles. The molecule has 1 aliphatic rings. The van der Waals surface area contributed by atoms with Gasteiger partial charge in [0.25, 0.3) is 0 Å². The van der Waals surface area contributed by atoms with Gasteiger partial charge in [-0.25, -0.2) is 4.98 Å². The number of hydrogen-bond acceptors (Lipinski definition) is 4. The van der Waals surface area contributed by atoms with Crippen molar-refractivity contribution in [2.24, 2.45) is 0 Å². The summed E-state index contributed by atoms with van der Waals surface area (Å²) in [5.41, 5.74) is 0. The van der Waals surface area contributed by atoms with Crippen molar-refractivity contribution in [1.29, 1.82) is 0 Å². The Kier molecular flexibility index (Phi) is 4.81. The van der Waals surface area contributed by atoms with Crippen molar-refractivity contribution in [1.82, 2.24) is 9.88 Å². The van der Waals surface area contributed by atoms with Gasteiger partial charge in [-0.1, -0.05) is 6.92 Å². The van der Waals surface area contributed by atoms with Crippen molar-refractivity contribution in [3.63, 3.8) is 0 Å². The third-order valence-corrected chi connectivity index (χ3v) is 3.17. The van der Waals surface area contributed by atoms with Gasteiger partial charge in [0.1, 0.15) is 18.2 Å². The zero-order chi connectivity index (χ0) is 12.8. The molecule has 1 aliphatic carbocycles. The van der Waals surface area contributed by atoms with Crippen LogP contribution in [0.3, 0.4) is 0 Å². The first-order valence-corrected chi connectivity index (χ1v) is 6.82. The summed E-state index contributed by atoms with van der Waals surface area (Å²) in [7, 11) is 2.17. The van der Waals surface area contributed by atoms with Crippen LogP contribution in [-0.4, -0.2) is 42.7 Å². The van der Waals surface area contributed by atoms with E-state index in [4.69, 9.17) is 4.74 Å². The Morgan fingerprint density at radius 3 is 3.06 bits per heavy atom. The van der Waals surface area contributed by atoms with Gasteiger partial charge < -0.3 is 15.0 Å². The monoisotopic (exact) mass is 249 g/mol. The lowest BCUT2D eigenvalue weighted by Gasteiger charge is -2.16. The number of nitrogens with zero attached hydrogens (tertiary/aromatic N) is 2. The SMILES string of the molecule is CCCNc1cc(OCCN(C)C2CC2)ccn1. The first-order chi connectivity index (χ1) is 8.79. The van der Waals surface area contributed by atoms with Crippen LogP contribution in [0.15, 0.2) is 18.3 Å². The van der Waals surface area contributed by atoms with E-state index in [0.29, 0.717) is 0 Å². The molecule has 1 saturated carbocycles. The number of pyridine rings is 1. The van der Waals surface area contributed by atoms with Crippen molar-refractivity contribution in [2.75, 3.05) is 32.1 Å². The zero-order valence-electron chi connectivity index (χ0n) is 11.4. The second kappa shape index (κ2) is 6.59. The second-order valence-electron chi connectivity index (χ2n) is 4.86. The number of anilines is 1. The summed E-state index contributed by atoms with van der Waals surface area (Å²) in [5, 5.41) is 3.26. The Labute approximate surface area is 109 Å². The maximum absolute atomic E-state index is 5.75. The third-order valence-electron chi connectivity index (χ3n) is 3.17. The highest BCUT2D eigenvalue weighted by atomic mass is 16.5. The van der Waals surface area contributed by atoms with Gasteiger partial charge in [0, 0.05) is 31.4 Å². The van der Waals surface area contributed by atoms with E-state index in [0.717, 1.165) is 43.7 Å². The minimum Gasteiger partial charge on any atom is -0.492 e. The molecule has 2 rings (SSSR count). The van der Waals surface area contributed by atoms with Crippen LogP contribution in [0.25, 0.3) is 0 Å². The molecule has 1 aromatic rings. The van der Waals surface area contributed by atoms with E-state index in [2.05, 4.69) is 29.2 Å². The Morgan fingerprint density at radius 1 is 1.50 bits per heavy atom. The summed E-state index contributed by atoms with van der Waals surface area (Å²) in [6.07, 6.45) is 5.57. The van der Waals surface area contributed by atoms with Crippen LogP contribution < -0.4 is 10.1 Å². The normalized spacial score (nSPS) is 14.8. The summed E-state index contributed by atoms with van der Waals surface area (Å²) in [6.45, 7) is 4.82. The molecule has 1 aromatic heterocycles. The van der Waals surface area contributed by atoms with Crippen molar-refractivity contribution in [3.05, 3.63) is 18.3 Å². The fourth-order valence-electron chi connectivity index (χ4n) is 1.86. The maximum atomic E-state index is 5.75. The Hall–Kier alpha value is -1.29. The summed E-state index contributed by atoms with van der Waals surface area (Å²) >= 11 is 0. The molecule has 1 N–H and O–H groups in total. The number of hydrogen-bond donors (Lipinski definition) is 1. The van der Waals surface area contributed by atoms with Gasteiger partial charge in [0.05, 0.1) is 0 Å². The lowest BCUT2D eigenvalue weighted by atomic mass is 10.4. The van der Waals surface area contributed by atoms with Gasteiger partial charge in [-0.3, -0.25) is 0 Å². The highest BCUT2D eigenvalue weighted by Crippen LogP contribution is 2.24. The molecular weight excluding hydrogens is 226 g/mol. The van der Waals surface area contributed by atoms with Crippen LogP contribution in [0.4, 0.5) is 5.82 Å². The molecule has 1 heterocycles. The van der Waals surface area contributed by atoms with Crippen LogP contribution in [0.2, 0.25) is 0 Å². The van der Waals surface area contributed by atoms with Gasteiger partial charge in [-0.05, 0) is 32.4 Å². The summed E-state index contributed by atoms with van der Waals surface area (Å²) < 4.78 is 5.75. The van der Waals surface area contributed by atoms with Crippen LogP contribution in [-0.2, 0) is 0 Å². The fourth-order valence-corrected chi connectivity index (χ4v) is 1.86. The van der Waals surface area contributed by atoms with Crippen LogP contribution in [0.1, 0.15) is 26.2 Å². The fraction of sp³-hybridized carbons (Fsp3) is 0.643. The Bertz CT molecular complexity index is 366. The van der Waals surface area contributed by atoms with E-state index in [1.165, 1.54) is 12.8 Å². The summed E-state index contributed by atoms with van der Waals surface area (Å²) in [5.74, 6) is 1.79. The molecule has 0 aliphatic heterocycles. The molecule has 0 atom stereocenters. The van der Waals surface area contributed by atoms with Crippen molar-refractivity contribution < 1.29 is 4.74 Å². The smallest absolute Gasteiger partial charge is 0.129 e. The zero-order valence-corrected chi connectivity index (χ0v) is 11.4. The molecular formula is C14H23N3O. The number of ether oxygens (including phenoxy) is 1. The third kappa shape index (κ3) is 4.18. The molecule has 0 unspecified atom stereocenters. The highest BCUT2D eigenvalue weighted by Gasteiger charge is 2.25. The first-order valence-electron chi connectivity index (χ1n) is 6.82. The topological polar surface area (TPSA) is 37.4 Å². The molecule has 0 bridgehead atoms. The predicted molar refractivity (Wildman–Crippen MR) is 74.2 cm³/mol. The van der Waals surface area contributed by atoms with Crippen molar-refractivity contribution in [2.45, 2.75) is 32.2 Å². The average molecular weight is 249 g/mol. The minimum absolute atomic E-state index is 0.740. The molecule has 100 valence electrons. The van der Waals surface area contributed by atoms with Crippen LogP contribution >= 0.6 is 0 Å². The van der Waals surface area contributed by atoms with Gasteiger partial charge in [0.15, 0.2) is 0 Å². The first kappa shape index (κ1) is 13.1. The van der Waals surface area contributed by atoms with Gasteiger partial charge >= 0.3 is 0 Å². The number of nitrogens with one attached hydrogen (secondary N) is 1. The van der Waals surface area contributed by atoms with E-state index in [1.807, 2.05) is 12.1 Å². The highest BCUT2D eigenvalue weighted by molar-refractivity contribution is 5.40. The summed E-state index contributed by atoms with van der Waals surface area (Å²) in [6, 6.07) is 4.67. The number of rotatable bonds is 8. The molecule has 4 nitrogen and oxygen atoms in total. The van der Waals surface area contributed by atoms with Crippen molar-refractivity contribution in [3.8, 4) is 5.75 Å². The van der Waals surface area contributed by atoms with E-state index in [1.54, 1.807) is 6.20 Å². The summed E-state index contributed by atoms with van der Waals surface area (Å²) in [4.78, 5) is 6.63. The second-order valence-corrected chi connectivity index (χ2v) is 4.86. The van der Waals surface area contributed by atoms with Gasteiger partial charge in [-0.2, -0.15) is 0 Å². The lowest BCUT2D eigenvalue weighted by molar-refractivity contribution is 0.232. The molecule has 0 aromatic carbocycles. The average Bonchev–Trinajstić information content (AvgIpc) is 3.21. The standard InChI is InChI=1S/C14H23N3O/c1-3-7-15-14-11-13(6-8-16-14)18-10-9-17(2)12-4-5-12/h6,8,11-12H,3-5,7,9-10H2,1-2H3,(H,15,16).